The van der Waals surface area contributed by atoms with Gasteiger partial charge in [-0.2, -0.15) is 5.10 Å². The molecule has 6 nitrogen and oxygen atoms in total. The van der Waals surface area contributed by atoms with Gasteiger partial charge in [-0.15, -0.1) is 21.8 Å². The van der Waals surface area contributed by atoms with Crippen LogP contribution in [0, 0.1) is 13.8 Å². The van der Waals surface area contributed by atoms with E-state index in [4.69, 9.17) is 11.6 Å². The number of hydrogen-bond donors (Lipinski definition) is 1. The summed E-state index contributed by atoms with van der Waals surface area (Å²) in [6, 6.07) is 9.23. The molecule has 1 aliphatic carbocycles. The van der Waals surface area contributed by atoms with Crippen molar-refractivity contribution in [3.8, 4) is 5.69 Å². The van der Waals surface area contributed by atoms with Gasteiger partial charge >= 0.3 is 0 Å². The fraction of sp³-hybridized carbons (Fsp3) is 0.476. The average Bonchev–Trinajstić information content (AvgIpc) is 3.24. The van der Waals surface area contributed by atoms with Crippen LogP contribution in [-0.4, -0.2) is 24.5 Å². The van der Waals surface area contributed by atoms with Gasteiger partial charge in [0.05, 0.1) is 28.8 Å². The number of rotatable bonds is 2. The Kier molecular flexibility index (Phi) is 4.29. The highest BCUT2D eigenvalue weighted by Gasteiger charge is 2.36. The molecule has 2 aromatic heterocycles. The first-order valence-corrected chi connectivity index (χ1v) is 10.4. The van der Waals surface area contributed by atoms with Crippen LogP contribution in [0.3, 0.4) is 0 Å². The molecule has 1 aromatic carbocycles. The summed E-state index contributed by atoms with van der Waals surface area (Å²) >= 11 is 7.18. The number of halogens is 1. The summed E-state index contributed by atoms with van der Waals surface area (Å²) in [6.07, 6.45) is 5.81. The highest BCUT2D eigenvalue weighted by Crippen LogP contribution is 2.47. The second-order valence-corrected chi connectivity index (χ2v) is 8.86. The minimum atomic E-state index is -0.302. The first kappa shape index (κ1) is 17.9. The van der Waals surface area contributed by atoms with Crippen LogP contribution >= 0.6 is 11.6 Å². The normalized spacial score (nSPS) is 24.5. The van der Waals surface area contributed by atoms with Gasteiger partial charge in [-0.05, 0) is 62.8 Å². The molecule has 0 atom stereocenters. The monoisotopic (exact) mass is 396 g/mol. The molecular weight excluding hydrogens is 372 g/mol. The molecule has 0 saturated heterocycles. The zero-order valence-electron chi connectivity index (χ0n) is 16.3. The molecule has 1 aliphatic heterocycles. The lowest BCUT2D eigenvalue weighted by Gasteiger charge is -2.36. The lowest BCUT2D eigenvalue weighted by atomic mass is 9.80. The average molecular weight is 397 g/mol. The first-order chi connectivity index (χ1) is 13.5. The molecule has 1 saturated carbocycles. The Labute approximate surface area is 169 Å². The van der Waals surface area contributed by atoms with Gasteiger partial charge in [0.15, 0.2) is 5.82 Å². The van der Waals surface area contributed by atoms with Gasteiger partial charge in [-0.3, -0.25) is 9.25 Å². The predicted octanol–water partition coefficient (Wildman–Crippen LogP) is 3.93. The summed E-state index contributed by atoms with van der Waals surface area (Å²) in [4.78, 5) is -0.302. The maximum Gasteiger partial charge on any atom is 0.151 e. The third kappa shape index (κ3) is 2.95. The number of hydrogen-bond acceptors (Lipinski definition) is 4. The van der Waals surface area contributed by atoms with E-state index in [9.17, 15) is 0 Å². The molecule has 0 spiro atoms. The van der Waals surface area contributed by atoms with Crippen LogP contribution in [0.25, 0.3) is 5.69 Å². The minimum absolute atomic E-state index is 0.302. The van der Waals surface area contributed by atoms with Crippen molar-refractivity contribution in [3.63, 3.8) is 0 Å². The van der Waals surface area contributed by atoms with Crippen LogP contribution in [-0.2, 0) is 18.0 Å². The van der Waals surface area contributed by atoms with Gasteiger partial charge in [0, 0.05) is 12.2 Å². The van der Waals surface area contributed by atoms with Crippen molar-refractivity contribution in [1.82, 2.24) is 29.9 Å². The van der Waals surface area contributed by atoms with E-state index in [0.717, 1.165) is 56.0 Å². The molecule has 3 aromatic rings. The Bertz CT molecular complexity index is 1010. The number of benzene rings is 1. The van der Waals surface area contributed by atoms with Crippen LogP contribution in [0.5, 0.6) is 0 Å². The van der Waals surface area contributed by atoms with Gasteiger partial charge in [0.2, 0.25) is 0 Å². The third-order valence-corrected chi connectivity index (χ3v) is 6.81. The molecule has 0 amide bonds. The fourth-order valence-corrected chi connectivity index (χ4v) is 5.08. The second-order valence-electron chi connectivity index (χ2n) is 8.13. The highest BCUT2D eigenvalue weighted by atomic mass is 35.5. The van der Waals surface area contributed by atoms with Crippen molar-refractivity contribution in [2.75, 3.05) is 0 Å². The van der Waals surface area contributed by atoms with Crippen LogP contribution in [0.2, 0.25) is 0 Å². The Balaban J connectivity index is 1.40. The number of fused-ring (bicyclic) bond motifs is 3. The molecule has 2 aliphatic rings. The van der Waals surface area contributed by atoms with Crippen molar-refractivity contribution in [1.29, 1.82) is 0 Å². The Morgan fingerprint density at radius 3 is 2.71 bits per heavy atom. The Hall–Kier alpha value is -2.18. The van der Waals surface area contributed by atoms with E-state index in [1.807, 2.05) is 0 Å². The summed E-state index contributed by atoms with van der Waals surface area (Å²) in [5.41, 5.74) is 5.94. The summed E-state index contributed by atoms with van der Waals surface area (Å²) in [6.45, 7) is 5.73. The van der Waals surface area contributed by atoms with Gasteiger partial charge in [0.25, 0.3) is 0 Å². The van der Waals surface area contributed by atoms with Crippen molar-refractivity contribution in [3.05, 3.63) is 58.9 Å². The molecule has 7 heteroatoms. The highest BCUT2D eigenvalue weighted by molar-refractivity contribution is 6.24. The second kappa shape index (κ2) is 6.71. The maximum absolute atomic E-state index is 7.18. The number of aryl methyl sites for hydroxylation is 2. The molecular formula is C21H25ClN6. The number of aromatic nitrogens is 5. The predicted molar refractivity (Wildman–Crippen MR) is 109 cm³/mol. The van der Waals surface area contributed by atoms with Crippen LogP contribution < -0.4 is 5.32 Å². The van der Waals surface area contributed by atoms with E-state index in [1.54, 1.807) is 6.33 Å². The Morgan fingerprint density at radius 2 is 1.96 bits per heavy atom. The fourth-order valence-electron chi connectivity index (χ4n) is 4.74. The van der Waals surface area contributed by atoms with E-state index >= 15 is 0 Å². The van der Waals surface area contributed by atoms with Gasteiger partial charge in [0.1, 0.15) is 6.33 Å². The minimum Gasteiger partial charge on any atom is -0.306 e. The van der Waals surface area contributed by atoms with Crippen molar-refractivity contribution >= 4 is 11.6 Å². The molecule has 3 heterocycles. The quantitative estimate of drug-likeness (QED) is 0.666. The van der Waals surface area contributed by atoms with E-state index in [1.165, 1.54) is 16.8 Å². The van der Waals surface area contributed by atoms with E-state index in [-0.39, 0.29) is 4.87 Å². The van der Waals surface area contributed by atoms with E-state index < -0.39 is 0 Å². The van der Waals surface area contributed by atoms with Crippen molar-refractivity contribution in [2.24, 2.45) is 0 Å². The molecule has 1 N–H and O–H groups in total. The van der Waals surface area contributed by atoms with Gasteiger partial charge in [-0.25, -0.2) is 0 Å². The first-order valence-electron chi connectivity index (χ1n) is 9.98. The number of alkyl halides is 1. The standard InChI is InChI=1S/C21H25ClN6/c1-14-9-15(2)28(26-14)18-5-7-21(22,8-6-18)17-3-4-19-16(10-17)11-23-12-20-25-24-13-27(19)20/h3-4,9-10,13,18,23H,5-8,11-12H2,1-2H3. The Morgan fingerprint density at radius 1 is 1.14 bits per heavy atom. The third-order valence-electron chi connectivity index (χ3n) is 6.21. The summed E-state index contributed by atoms with van der Waals surface area (Å²) in [7, 11) is 0. The van der Waals surface area contributed by atoms with Crippen molar-refractivity contribution < 1.29 is 0 Å². The van der Waals surface area contributed by atoms with E-state index in [0.29, 0.717) is 6.04 Å². The maximum atomic E-state index is 7.18. The van der Waals surface area contributed by atoms with Crippen LogP contribution in [0.15, 0.2) is 30.6 Å². The summed E-state index contributed by atoms with van der Waals surface area (Å²) < 4.78 is 4.26. The zero-order chi connectivity index (χ0) is 19.3. The SMILES string of the molecule is Cc1cc(C)n(C2CCC(Cl)(c3ccc4c(c3)CNCc3nncn3-4)CC2)n1. The largest absolute Gasteiger partial charge is 0.306 e. The zero-order valence-corrected chi connectivity index (χ0v) is 17.1. The lowest BCUT2D eigenvalue weighted by molar-refractivity contribution is 0.277. The summed E-state index contributed by atoms with van der Waals surface area (Å²) in [5, 5.41) is 16.4. The van der Waals surface area contributed by atoms with Crippen LogP contribution in [0.1, 0.15) is 60.1 Å². The molecule has 5 rings (SSSR count). The van der Waals surface area contributed by atoms with E-state index in [2.05, 4.69) is 68.0 Å². The lowest BCUT2D eigenvalue weighted by Crippen LogP contribution is -2.28. The molecule has 0 bridgehead atoms. The van der Waals surface area contributed by atoms with Gasteiger partial charge < -0.3 is 5.32 Å². The molecule has 0 radical (unpaired) electrons. The number of nitrogens with zero attached hydrogens (tertiary/aromatic N) is 5. The summed E-state index contributed by atoms with van der Waals surface area (Å²) in [5.74, 6) is 0.942. The topological polar surface area (TPSA) is 60.6 Å². The molecule has 1 fully saturated rings. The van der Waals surface area contributed by atoms with Crippen LogP contribution in [0.4, 0.5) is 0 Å². The smallest absolute Gasteiger partial charge is 0.151 e. The molecule has 146 valence electrons. The van der Waals surface area contributed by atoms with Gasteiger partial charge in [-0.1, -0.05) is 12.1 Å². The number of nitrogens with one attached hydrogen (secondary N) is 1. The molecule has 28 heavy (non-hydrogen) atoms. The molecule has 0 unspecified atom stereocenters. The van der Waals surface area contributed by atoms with Crippen molar-refractivity contribution in [2.45, 2.75) is 63.5 Å².